The van der Waals surface area contributed by atoms with Gasteiger partial charge in [-0.25, -0.2) is 4.79 Å². The van der Waals surface area contributed by atoms with Crippen LogP contribution in [0.25, 0.3) is 11.0 Å². The molecule has 0 bridgehead atoms. The molecule has 1 saturated heterocycles. The van der Waals surface area contributed by atoms with E-state index in [1.807, 2.05) is 0 Å². The van der Waals surface area contributed by atoms with E-state index in [0.717, 1.165) is 24.8 Å². The maximum atomic E-state index is 12.5. The summed E-state index contributed by atoms with van der Waals surface area (Å²) in [5, 5.41) is 43.9. The van der Waals surface area contributed by atoms with E-state index in [2.05, 4.69) is 0 Å². The topological polar surface area (TPSA) is 156 Å². The SMILES string of the molecule is CC1(CO)O[C@@](C)(COc2cc3oc(=O)c4c(c3cc2O)CCCC4)C(C)(N)C(C)(O)[C@]1(C)O. The zero-order valence-electron chi connectivity index (χ0n) is 20.4. The number of phenolic OH excluding ortho intramolecular Hbond substituents is 1. The standard InChI is InChI=1S/C25H35NO8/c1-21(12-27)24(4,30)25(5,31)23(3,26)22(2,34-21)13-32-19-11-18-16(10-17(19)28)14-8-6-7-9-15(14)20(29)33-18/h10-11,27-28,30-31H,6-9,12-13,26H2,1-5H3/t21?,22-,23?,24+,25?/m0/s1. The largest absolute Gasteiger partial charge is 0.504 e. The van der Waals surface area contributed by atoms with Gasteiger partial charge in [-0.05, 0) is 71.9 Å². The van der Waals surface area contributed by atoms with E-state index in [9.17, 15) is 25.2 Å². The summed E-state index contributed by atoms with van der Waals surface area (Å²) in [5.74, 6) is -0.0920. The molecular weight excluding hydrogens is 442 g/mol. The van der Waals surface area contributed by atoms with E-state index in [4.69, 9.17) is 19.6 Å². The van der Waals surface area contributed by atoms with Crippen molar-refractivity contribution in [2.24, 2.45) is 5.73 Å². The quantitative estimate of drug-likeness (QED) is 0.412. The van der Waals surface area contributed by atoms with Crippen LogP contribution in [0.4, 0.5) is 0 Å². The Hall–Kier alpha value is -2.17. The number of nitrogens with two attached hydrogens (primary N) is 1. The number of hydrogen-bond acceptors (Lipinski definition) is 9. The number of hydrogen-bond donors (Lipinski definition) is 5. The summed E-state index contributed by atoms with van der Waals surface area (Å²) in [6, 6.07) is 2.99. The molecule has 1 aliphatic carbocycles. The lowest BCUT2D eigenvalue weighted by atomic mass is 9.57. The first-order valence-corrected chi connectivity index (χ1v) is 11.6. The summed E-state index contributed by atoms with van der Waals surface area (Å²) in [5.41, 5.74) is -0.280. The molecule has 0 radical (unpaired) electrons. The zero-order chi connectivity index (χ0) is 25.3. The molecule has 0 spiro atoms. The summed E-state index contributed by atoms with van der Waals surface area (Å²) in [6.07, 6.45) is 3.28. The lowest BCUT2D eigenvalue weighted by molar-refractivity contribution is -0.366. The van der Waals surface area contributed by atoms with Crippen LogP contribution >= 0.6 is 0 Å². The summed E-state index contributed by atoms with van der Waals surface area (Å²) >= 11 is 0. The van der Waals surface area contributed by atoms with Crippen LogP contribution in [-0.4, -0.2) is 61.6 Å². The Kier molecular flexibility index (Phi) is 5.62. The normalized spacial score (nSPS) is 38.0. The van der Waals surface area contributed by atoms with Crippen molar-refractivity contribution >= 4 is 11.0 Å². The summed E-state index contributed by atoms with van der Waals surface area (Å²) in [6.45, 7) is 6.57. The highest BCUT2D eigenvalue weighted by Gasteiger charge is 2.72. The fourth-order valence-corrected chi connectivity index (χ4v) is 5.39. The molecule has 5 atom stereocenters. The van der Waals surface area contributed by atoms with Gasteiger partial charge in [-0.1, -0.05) is 0 Å². The molecule has 1 aromatic heterocycles. The molecule has 34 heavy (non-hydrogen) atoms. The van der Waals surface area contributed by atoms with E-state index < -0.39 is 34.6 Å². The summed E-state index contributed by atoms with van der Waals surface area (Å²) in [4.78, 5) is 12.5. The Morgan fingerprint density at radius 1 is 1.00 bits per heavy atom. The third-order valence-corrected chi connectivity index (χ3v) is 8.65. The fourth-order valence-electron chi connectivity index (χ4n) is 5.39. The number of benzene rings is 1. The highest BCUT2D eigenvalue weighted by atomic mass is 16.6. The molecule has 2 heterocycles. The minimum absolute atomic E-state index is 0.0507. The van der Waals surface area contributed by atoms with E-state index in [0.29, 0.717) is 23.0 Å². The highest BCUT2D eigenvalue weighted by molar-refractivity contribution is 5.85. The molecule has 188 valence electrons. The number of ether oxygens (including phenoxy) is 2. The number of phenols is 1. The van der Waals surface area contributed by atoms with Gasteiger partial charge >= 0.3 is 5.63 Å². The van der Waals surface area contributed by atoms with Gasteiger partial charge in [0, 0.05) is 17.0 Å². The minimum atomic E-state index is -1.90. The van der Waals surface area contributed by atoms with Gasteiger partial charge in [0.15, 0.2) is 11.5 Å². The Morgan fingerprint density at radius 2 is 1.62 bits per heavy atom. The Bertz CT molecular complexity index is 1180. The Labute approximate surface area is 198 Å². The van der Waals surface area contributed by atoms with E-state index in [-0.39, 0.29) is 23.7 Å². The highest BCUT2D eigenvalue weighted by Crippen LogP contribution is 2.52. The van der Waals surface area contributed by atoms with Crippen LogP contribution in [0.2, 0.25) is 0 Å². The molecule has 1 fully saturated rings. The second kappa shape index (κ2) is 7.66. The summed E-state index contributed by atoms with van der Waals surface area (Å²) < 4.78 is 17.6. The number of rotatable bonds is 4. The van der Waals surface area contributed by atoms with Gasteiger partial charge in [0.2, 0.25) is 0 Å². The second-order valence-corrected chi connectivity index (χ2v) is 10.7. The van der Waals surface area contributed by atoms with Gasteiger partial charge in [-0.2, -0.15) is 0 Å². The van der Waals surface area contributed by atoms with Crippen LogP contribution < -0.4 is 16.1 Å². The predicted molar refractivity (Wildman–Crippen MR) is 125 cm³/mol. The maximum absolute atomic E-state index is 12.5. The van der Waals surface area contributed by atoms with Crippen LogP contribution in [-0.2, 0) is 17.6 Å². The third-order valence-electron chi connectivity index (χ3n) is 8.65. The van der Waals surface area contributed by atoms with E-state index >= 15 is 0 Å². The minimum Gasteiger partial charge on any atom is -0.504 e. The van der Waals surface area contributed by atoms with Crippen LogP contribution in [0, 0.1) is 0 Å². The molecule has 9 heteroatoms. The third kappa shape index (κ3) is 3.21. The number of aliphatic hydroxyl groups is 3. The average Bonchev–Trinajstić information content (AvgIpc) is 2.77. The van der Waals surface area contributed by atoms with Crippen molar-refractivity contribution in [3.05, 3.63) is 33.7 Å². The van der Waals surface area contributed by atoms with Crippen molar-refractivity contribution in [1.29, 1.82) is 0 Å². The van der Waals surface area contributed by atoms with Gasteiger partial charge < -0.3 is 40.1 Å². The van der Waals surface area contributed by atoms with Crippen LogP contribution in [0.5, 0.6) is 11.5 Å². The molecule has 3 unspecified atom stereocenters. The Morgan fingerprint density at radius 3 is 2.24 bits per heavy atom. The first-order chi connectivity index (χ1) is 15.6. The van der Waals surface area contributed by atoms with Crippen molar-refractivity contribution in [3.8, 4) is 11.5 Å². The lowest BCUT2D eigenvalue weighted by Gasteiger charge is -2.66. The van der Waals surface area contributed by atoms with Gasteiger partial charge in [-0.15, -0.1) is 0 Å². The Balaban J connectivity index is 1.72. The van der Waals surface area contributed by atoms with Gasteiger partial charge in [0.25, 0.3) is 0 Å². The first-order valence-electron chi connectivity index (χ1n) is 11.6. The van der Waals surface area contributed by atoms with Gasteiger partial charge in [0.05, 0.1) is 12.1 Å². The molecule has 1 aromatic carbocycles. The van der Waals surface area contributed by atoms with Crippen molar-refractivity contribution in [2.75, 3.05) is 13.2 Å². The van der Waals surface area contributed by atoms with Crippen molar-refractivity contribution in [1.82, 2.24) is 0 Å². The van der Waals surface area contributed by atoms with E-state index in [1.165, 1.54) is 39.8 Å². The summed E-state index contributed by atoms with van der Waals surface area (Å²) in [7, 11) is 0. The van der Waals surface area contributed by atoms with Crippen molar-refractivity contribution in [2.45, 2.75) is 88.2 Å². The monoisotopic (exact) mass is 477 g/mol. The molecule has 1 aliphatic heterocycles. The smallest absolute Gasteiger partial charge is 0.339 e. The van der Waals surface area contributed by atoms with Crippen molar-refractivity contribution < 1.29 is 34.3 Å². The van der Waals surface area contributed by atoms with Crippen molar-refractivity contribution in [3.63, 3.8) is 0 Å². The molecule has 0 saturated carbocycles. The van der Waals surface area contributed by atoms with Crippen LogP contribution in [0.3, 0.4) is 0 Å². The molecular formula is C25H35NO8. The van der Waals surface area contributed by atoms with Crippen LogP contribution in [0.1, 0.15) is 58.6 Å². The molecule has 2 aromatic rings. The first kappa shape index (κ1) is 24.9. The molecule has 9 nitrogen and oxygen atoms in total. The maximum Gasteiger partial charge on any atom is 0.339 e. The number of aryl methyl sites for hydroxylation is 1. The predicted octanol–water partition coefficient (Wildman–Crippen LogP) is 1.52. The number of aromatic hydroxyl groups is 1. The van der Waals surface area contributed by atoms with E-state index in [1.54, 1.807) is 6.92 Å². The molecule has 4 rings (SSSR count). The number of aliphatic hydroxyl groups excluding tert-OH is 1. The average molecular weight is 478 g/mol. The number of fused-ring (bicyclic) bond motifs is 3. The molecule has 6 N–H and O–H groups in total. The van der Waals surface area contributed by atoms with Gasteiger partial charge in [-0.3, -0.25) is 0 Å². The zero-order valence-corrected chi connectivity index (χ0v) is 20.4. The molecule has 2 aliphatic rings. The van der Waals surface area contributed by atoms with Crippen LogP contribution in [0.15, 0.2) is 21.3 Å². The lowest BCUT2D eigenvalue weighted by Crippen LogP contribution is -2.87. The second-order valence-electron chi connectivity index (χ2n) is 10.7. The van der Waals surface area contributed by atoms with Gasteiger partial charge in [0.1, 0.15) is 34.6 Å². The molecule has 0 amide bonds. The fraction of sp³-hybridized carbons (Fsp3) is 0.640.